The first-order chi connectivity index (χ1) is 15.2. The van der Waals surface area contributed by atoms with Crippen molar-refractivity contribution in [2.45, 2.75) is 38.6 Å². The highest BCUT2D eigenvalue weighted by Crippen LogP contribution is 2.28. The molecule has 0 saturated carbocycles. The van der Waals surface area contributed by atoms with E-state index >= 15 is 0 Å². The second-order valence-electron chi connectivity index (χ2n) is 8.15. The van der Waals surface area contributed by atoms with Gasteiger partial charge in [-0.15, -0.1) is 0 Å². The topological polar surface area (TPSA) is 49.8 Å². The van der Waals surface area contributed by atoms with E-state index in [1.165, 1.54) is 31.4 Å². The number of aromatic nitrogens is 2. The average molecular weight is 439 g/mol. The van der Waals surface area contributed by atoms with Crippen molar-refractivity contribution in [1.82, 2.24) is 15.3 Å². The third kappa shape index (κ3) is 6.25. The van der Waals surface area contributed by atoms with Crippen LogP contribution >= 0.6 is 11.6 Å². The van der Waals surface area contributed by atoms with Gasteiger partial charge in [0.2, 0.25) is 0 Å². The molecule has 1 saturated heterocycles. The van der Waals surface area contributed by atoms with Crippen LogP contribution in [0.25, 0.3) is 11.3 Å². The van der Waals surface area contributed by atoms with Gasteiger partial charge in [-0.25, -0.2) is 9.37 Å². The molecule has 31 heavy (non-hydrogen) atoms. The highest BCUT2D eigenvalue weighted by atomic mass is 35.5. The maximum Gasteiger partial charge on any atom is 0.126 e. The van der Waals surface area contributed by atoms with Gasteiger partial charge < -0.3 is 10.6 Å². The van der Waals surface area contributed by atoms with Crippen molar-refractivity contribution in [3.63, 3.8) is 0 Å². The van der Waals surface area contributed by atoms with Crippen LogP contribution < -0.4 is 10.6 Å². The number of aryl methyl sites for hydroxylation is 1. The van der Waals surface area contributed by atoms with Crippen molar-refractivity contribution in [2.75, 3.05) is 18.4 Å². The lowest BCUT2D eigenvalue weighted by Crippen LogP contribution is -2.29. The van der Waals surface area contributed by atoms with Crippen LogP contribution in [0.2, 0.25) is 5.02 Å². The van der Waals surface area contributed by atoms with Crippen LogP contribution in [0.4, 0.5) is 10.2 Å². The molecule has 2 N–H and O–H groups in total. The molecule has 1 aliphatic heterocycles. The molecule has 1 aliphatic rings. The van der Waals surface area contributed by atoms with E-state index in [1.807, 2.05) is 24.3 Å². The summed E-state index contributed by atoms with van der Waals surface area (Å²) < 4.78 is 13.4. The first kappa shape index (κ1) is 21.7. The Kier molecular flexibility index (Phi) is 7.49. The van der Waals surface area contributed by atoms with E-state index in [1.54, 1.807) is 12.3 Å². The molecule has 3 heterocycles. The van der Waals surface area contributed by atoms with Crippen molar-refractivity contribution in [3.05, 3.63) is 76.8 Å². The molecule has 1 aromatic carbocycles. The van der Waals surface area contributed by atoms with Crippen LogP contribution in [0.15, 0.2) is 54.7 Å². The number of piperidine rings is 1. The number of anilines is 1. The summed E-state index contributed by atoms with van der Waals surface area (Å²) in [6, 6.07) is 14.4. The molecule has 2 aromatic heterocycles. The molecule has 1 fully saturated rings. The van der Waals surface area contributed by atoms with Crippen molar-refractivity contribution < 1.29 is 4.39 Å². The Labute approximate surface area is 188 Å². The zero-order chi connectivity index (χ0) is 21.5. The summed E-state index contributed by atoms with van der Waals surface area (Å²) in [4.78, 5) is 9.24. The molecular formula is C25H28ClFN4. The molecule has 162 valence electrons. The first-order valence-corrected chi connectivity index (χ1v) is 11.4. The number of rotatable bonds is 8. The average Bonchev–Trinajstić information content (AvgIpc) is 2.80. The molecule has 4 rings (SSSR count). The van der Waals surface area contributed by atoms with Crippen LogP contribution in [0, 0.1) is 11.7 Å². The zero-order valence-electron chi connectivity index (χ0n) is 17.6. The van der Waals surface area contributed by atoms with Crippen molar-refractivity contribution >= 4 is 17.4 Å². The summed E-state index contributed by atoms with van der Waals surface area (Å²) in [5, 5.41) is 7.34. The Morgan fingerprint density at radius 2 is 2.06 bits per heavy atom. The summed E-state index contributed by atoms with van der Waals surface area (Å²) in [6.45, 7) is 2.79. The number of halogens is 2. The smallest absolute Gasteiger partial charge is 0.126 e. The minimum atomic E-state index is -0.239. The molecule has 1 atom stereocenters. The van der Waals surface area contributed by atoms with Gasteiger partial charge in [0.25, 0.3) is 0 Å². The fraction of sp³-hybridized carbons (Fsp3) is 0.360. The van der Waals surface area contributed by atoms with Gasteiger partial charge in [0.1, 0.15) is 11.6 Å². The van der Waals surface area contributed by atoms with E-state index in [-0.39, 0.29) is 5.82 Å². The molecule has 3 aromatic rings. The molecule has 0 bridgehead atoms. The minimum absolute atomic E-state index is 0.239. The number of nitrogens with zero attached hydrogens (tertiary/aromatic N) is 2. The molecule has 6 heteroatoms. The third-order valence-corrected chi connectivity index (χ3v) is 6.05. The Morgan fingerprint density at radius 3 is 2.90 bits per heavy atom. The first-order valence-electron chi connectivity index (χ1n) is 11.0. The van der Waals surface area contributed by atoms with Gasteiger partial charge in [-0.1, -0.05) is 29.8 Å². The maximum absolute atomic E-state index is 13.4. The summed E-state index contributed by atoms with van der Waals surface area (Å²) in [5.41, 5.74) is 3.60. The molecule has 0 radical (unpaired) electrons. The number of hydrogen-bond acceptors (Lipinski definition) is 4. The fourth-order valence-electron chi connectivity index (χ4n) is 4.08. The summed E-state index contributed by atoms with van der Waals surface area (Å²) in [6.07, 6.45) is 7.63. The lowest BCUT2D eigenvalue weighted by molar-refractivity contribution is 0.350. The normalized spacial score (nSPS) is 16.3. The second kappa shape index (κ2) is 10.7. The van der Waals surface area contributed by atoms with E-state index in [0.29, 0.717) is 11.6 Å². The van der Waals surface area contributed by atoms with Crippen LogP contribution in [0.3, 0.4) is 0 Å². The van der Waals surface area contributed by atoms with E-state index in [0.717, 1.165) is 60.2 Å². The van der Waals surface area contributed by atoms with E-state index in [2.05, 4.69) is 21.7 Å². The Bertz CT molecular complexity index is 1000. The van der Waals surface area contributed by atoms with Crippen molar-refractivity contribution in [3.8, 4) is 11.3 Å². The van der Waals surface area contributed by atoms with E-state index in [4.69, 9.17) is 16.6 Å². The van der Waals surface area contributed by atoms with Crippen molar-refractivity contribution in [1.29, 1.82) is 0 Å². The Morgan fingerprint density at radius 1 is 1.16 bits per heavy atom. The molecule has 4 nitrogen and oxygen atoms in total. The number of hydrogen-bond donors (Lipinski definition) is 2. The monoisotopic (exact) mass is 438 g/mol. The van der Waals surface area contributed by atoms with E-state index in [9.17, 15) is 4.39 Å². The Balaban J connectivity index is 1.41. The van der Waals surface area contributed by atoms with Crippen LogP contribution in [-0.2, 0) is 13.0 Å². The van der Waals surface area contributed by atoms with Gasteiger partial charge in [0, 0.05) is 24.0 Å². The Hall–Kier alpha value is -2.50. The van der Waals surface area contributed by atoms with E-state index < -0.39 is 0 Å². The lowest BCUT2D eigenvalue weighted by atomic mass is 9.93. The highest BCUT2D eigenvalue weighted by molar-refractivity contribution is 6.33. The van der Waals surface area contributed by atoms with Gasteiger partial charge in [0.15, 0.2) is 0 Å². The van der Waals surface area contributed by atoms with Gasteiger partial charge in [-0.3, -0.25) is 4.98 Å². The third-order valence-electron chi connectivity index (χ3n) is 5.74. The van der Waals surface area contributed by atoms with Gasteiger partial charge in [-0.2, -0.15) is 0 Å². The predicted octanol–water partition coefficient (Wildman–Crippen LogP) is 5.87. The van der Waals surface area contributed by atoms with Crippen LogP contribution in [-0.4, -0.2) is 23.1 Å². The van der Waals surface area contributed by atoms with Crippen LogP contribution in [0.1, 0.15) is 36.9 Å². The standard InChI is InChI=1S/C25H28ClFN4/c26-23-17-29-21(9-2-5-18-7-4-12-28-15-18)14-22(23)24-10-3-11-25(31-24)30-16-19-6-1-8-20(27)13-19/h1,3,6,8,10-11,13-14,17-18,28H,2,4-5,7,9,12,15-16H2,(H,30,31)/t18-/m0/s1. The van der Waals surface area contributed by atoms with Gasteiger partial charge >= 0.3 is 0 Å². The number of benzene rings is 1. The predicted molar refractivity (Wildman–Crippen MR) is 125 cm³/mol. The molecule has 0 aliphatic carbocycles. The molecule has 0 unspecified atom stereocenters. The molecule has 0 spiro atoms. The molecular weight excluding hydrogens is 411 g/mol. The minimum Gasteiger partial charge on any atom is -0.366 e. The number of pyridine rings is 2. The maximum atomic E-state index is 13.4. The van der Waals surface area contributed by atoms with Crippen LogP contribution in [0.5, 0.6) is 0 Å². The largest absolute Gasteiger partial charge is 0.366 e. The highest BCUT2D eigenvalue weighted by Gasteiger charge is 2.13. The fourth-order valence-corrected chi connectivity index (χ4v) is 4.28. The van der Waals surface area contributed by atoms with Gasteiger partial charge in [0.05, 0.1) is 10.7 Å². The number of nitrogens with one attached hydrogen (secondary N) is 2. The quantitative estimate of drug-likeness (QED) is 0.461. The summed E-state index contributed by atoms with van der Waals surface area (Å²) >= 11 is 6.46. The zero-order valence-corrected chi connectivity index (χ0v) is 18.3. The molecule has 0 amide bonds. The summed E-state index contributed by atoms with van der Waals surface area (Å²) in [5.74, 6) is 1.26. The SMILES string of the molecule is Fc1cccc(CNc2cccc(-c3cc(CCC[C@H]4CCCNC4)ncc3Cl)n2)c1. The lowest BCUT2D eigenvalue weighted by Gasteiger charge is -2.22. The van der Waals surface area contributed by atoms with Crippen molar-refractivity contribution in [2.24, 2.45) is 5.92 Å². The second-order valence-corrected chi connectivity index (χ2v) is 8.56. The van der Waals surface area contributed by atoms with Gasteiger partial charge in [-0.05, 0) is 87.0 Å². The summed E-state index contributed by atoms with van der Waals surface area (Å²) in [7, 11) is 0.